The number of nitrogens with zero attached hydrogens (tertiary/aromatic N) is 2. The molecular formula is C17H15Cl2N3O2. The van der Waals surface area contributed by atoms with Gasteiger partial charge in [0.05, 0.1) is 10.0 Å². The summed E-state index contributed by atoms with van der Waals surface area (Å²) in [6.45, 7) is 3.89. The fourth-order valence-corrected chi connectivity index (χ4v) is 3.03. The van der Waals surface area contributed by atoms with Crippen LogP contribution in [0, 0.1) is 13.8 Å². The molecule has 2 heterocycles. The van der Waals surface area contributed by atoms with Crippen LogP contribution >= 0.6 is 23.2 Å². The molecule has 5 nitrogen and oxygen atoms in total. The number of rotatable bonds is 2. The lowest BCUT2D eigenvalue weighted by Gasteiger charge is -2.10. The van der Waals surface area contributed by atoms with Gasteiger partial charge >= 0.3 is 6.03 Å². The molecule has 1 aliphatic rings. The lowest BCUT2D eigenvalue weighted by atomic mass is 10.2. The van der Waals surface area contributed by atoms with Gasteiger partial charge in [-0.15, -0.1) is 0 Å². The van der Waals surface area contributed by atoms with Gasteiger partial charge in [-0.2, -0.15) is 0 Å². The standard InChI is InChI=1S/C17H15Cl2N3O2/c1-9-6-11(7-15-16(23)21(3)17(24)20-15)10(2)22(9)12-4-5-13(18)14(19)8-12/h4-8H,1-3H3,(H,20,24)/b15-7-. The summed E-state index contributed by atoms with van der Waals surface area (Å²) in [5.74, 6) is -0.348. The highest BCUT2D eigenvalue weighted by Gasteiger charge is 2.30. The van der Waals surface area contributed by atoms with Gasteiger partial charge < -0.3 is 9.88 Å². The van der Waals surface area contributed by atoms with Crippen LogP contribution in [0.3, 0.4) is 0 Å². The van der Waals surface area contributed by atoms with Crippen molar-refractivity contribution < 1.29 is 9.59 Å². The van der Waals surface area contributed by atoms with E-state index in [9.17, 15) is 9.59 Å². The van der Waals surface area contributed by atoms with Crippen LogP contribution < -0.4 is 5.32 Å². The quantitative estimate of drug-likeness (QED) is 0.649. The number of amides is 3. The van der Waals surface area contributed by atoms with E-state index in [-0.39, 0.29) is 11.6 Å². The number of carbonyl (C=O) groups is 2. The number of aryl methyl sites for hydroxylation is 1. The van der Waals surface area contributed by atoms with Gasteiger partial charge in [-0.05, 0) is 49.8 Å². The Morgan fingerprint density at radius 1 is 1.08 bits per heavy atom. The Bertz CT molecular complexity index is 899. The van der Waals surface area contributed by atoms with Crippen LogP contribution in [0.1, 0.15) is 17.0 Å². The summed E-state index contributed by atoms with van der Waals surface area (Å²) in [6.07, 6.45) is 1.68. The Morgan fingerprint density at radius 3 is 2.38 bits per heavy atom. The summed E-state index contributed by atoms with van der Waals surface area (Å²) >= 11 is 12.1. The normalized spacial score (nSPS) is 16.2. The number of imide groups is 1. The highest BCUT2D eigenvalue weighted by atomic mass is 35.5. The van der Waals surface area contributed by atoms with Gasteiger partial charge in [0, 0.05) is 24.1 Å². The number of carbonyl (C=O) groups excluding carboxylic acids is 2. The topological polar surface area (TPSA) is 54.3 Å². The number of urea groups is 1. The van der Waals surface area contributed by atoms with Gasteiger partial charge in [-0.1, -0.05) is 23.2 Å². The van der Waals surface area contributed by atoms with Crippen molar-refractivity contribution in [1.82, 2.24) is 14.8 Å². The second-order valence-electron chi connectivity index (χ2n) is 5.61. The van der Waals surface area contributed by atoms with E-state index < -0.39 is 6.03 Å². The minimum absolute atomic E-state index is 0.261. The maximum absolute atomic E-state index is 12.0. The average molecular weight is 364 g/mol. The second kappa shape index (κ2) is 6.00. The minimum atomic E-state index is -0.426. The maximum Gasteiger partial charge on any atom is 0.328 e. The molecule has 0 bridgehead atoms. The average Bonchev–Trinajstić information content (AvgIpc) is 2.94. The van der Waals surface area contributed by atoms with Crippen LogP contribution in [0.5, 0.6) is 0 Å². The smallest absolute Gasteiger partial charge is 0.318 e. The molecule has 1 N–H and O–H groups in total. The van der Waals surface area contributed by atoms with Gasteiger partial charge in [0.1, 0.15) is 5.70 Å². The summed E-state index contributed by atoms with van der Waals surface area (Å²) < 4.78 is 2.01. The zero-order valence-electron chi connectivity index (χ0n) is 13.4. The Morgan fingerprint density at radius 2 is 1.79 bits per heavy atom. The van der Waals surface area contributed by atoms with Crippen LogP contribution in [-0.2, 0) is 4.79 Å². The second-order valence-corrected chi connectivity index (χ2v) is 6.43. The fourth-order valence-electron chi connectivity index (χ4n) is 2.73. The molecule has 0 unspecified atom stereocenters. The molecule has 2 aromatic rings. The Hall–Kier alpha value is -2.24. The summed E-state index contributed by atoms with van der Waals surface area (Å²) in [5, 5.41) is 3.53. The number of nitrogens with one attached hydrogen (secondary N) is 1. The van der Waals surface area contributed by atoms with Crippen molar-refractivity contribution in [2.45, 2.75) is 13.8 Å². The molecular weight excluding hydrogens is 349 g/mol. The molecule has 1 aromatic heterocycles. The van der Waals surface area contributed by atoms with Gasteiger partial charge in [0.15, 0.2) is 0 Å². The van der Waals surface area contributed by atoms with Crippen LogP contribution in [0.15, 0.2) is 30.0 Å². The number of benzene rings is 1. The van der Waals surface area contributed by atoms with Crippen molar-refractivity contribution in [3.63, 3.8) is 0 Å². The van der Waals surface area contributed by atoms with Crippen LogP contribution in [0.25, 0.3) is 11.8 Å². The first-order valence-electron chi connectivity index (χ1n) is 7.24. The molecule has 3 amide bonds. The van der Waals surface area contributed by atoms with Crippen molar-refractivity contribution in [2.24, 2.45) is 0 Å². The Kier molecular flexibility index (Phi) is 4.15. The number of hydrogen-bond acceptors (Lipinski definition) is 2. The first-order valence-corrected chi connectivity index (χ1v) is 8.00. The summed E-state index contributed by atoms with van der Waals surface area (Å²) in [4.78, 5) is 24.6. The maximum atomic E-state index is 12.0. The third-order valence-corrected chi connectivity index (χ3v) is 4.75. The third-order valence-electron chi connectivity index (χ3n) is 4.01. The monoisotopic (exact) mass is 363 g/mol. The molecule has 1 fully saturated rings. The number of hydrogen-bond donors (Lipinski definition) is 1. The van der Waals surface area contributed by atoms with Gasteiger partial charge in [-0.25, -0.2) is 4.79 Å². The fraction of sp³-hybridized carbons (Fsp3) is 0.176. The highest BCUT2D eigenvalue weighted by molar-refractivity contribution is 6.42. The van der Waals surface area contributed by atoms with Crippen LogP contribution in [0.2, 0.25) is 10.0 Å². The SMILES string of the molecule is Cc1cc(/C=C2\NC(=O)N(C)C2=O)c(C)n1-c1ccc(Cl)c(Cl)c1. The summed E-state index contributed by atoms with van der Waals surface area (Å²) in [5.41, 5.74) is 3.88. The first kappa shape index (κ1) is 16.6. The molecule has 3 rings (SSSR count). The zero-order valence-corrected chi connectivity index (χ0v) is 14.9. The lowest BCUT2D eigenvalue weighted by Crippen LogP contribution is -2.25. The third kappa shape index (κ3) is 2.70. The van der Waals surface area contributed by atoms with Gasteiger partial charge in [-0.3, -0.25) is 9.69 Å². The largest absolute Gasteiger partial charge is 0.328 e. The number of likely N-dealkylation sites (N-methyl/N-ethyl adjacent to an activating group) is 1. The van der Waals surface area contributed by atoms with E-state index in [0.717, 1.165) is 27.5 Å². The van der Waals surface area contributed by atoms with E-state index in [1.165, 1.54) is 7.05 Å². The van der Waals surface area contributed by atoms with E-state index >= 15 is 0 Å². The molecule has 0 aliphatic carbocycles. The molecule has 0 spiro atoms. The van der Waals surface area contributed by atoms with Crippen molar-refractivity contribution in [3.8, 4) is 5.69 Å². The van der Waals surface area contributed by atoms with Crippen molar-refractivity contribution >= 4 is 41.2 Å². The molecule has 0 radical (unpaired) electrons. The Labute approximate surface area is 149 Å². The van der Waals surface area contributed by atoms with E-state index in [2.05, 4.69) is 5.32 Å². The van der Waals surface area contributed by atoms with Gasteiger partial charge in [0.2, 0.25) is 0 Å². The lowest BCUT2D eigenvalue weighted by molar-refractivity contribution is -0.121. The Balaban J connectivity index is 2.06. The first-order chi connectivity index (χ1) is 11.3. The van der Waals surface area contributed by atoms with Crippen molar-refractivity contribution in [2.75, 3.05) is 7.05 Å². The molecule has 0 atom stereocenters. The zero-order chi connectivity index (χ0) is 17.6. The highest BCUT2D eigenvalue weighted by Crippen LogP contribution is 2.28. The molecule has 124 valence electrons. The molecule has 24 heavy (non-hydrogen) atoms. The van der Waals surface area contributed by atoms with E-state index in [0.29, 0.717) is 10.0 Å². The van der Waals surface area contributed by atoms with E-state index in [1.54, 1.807) is 18.2 Å². The van der Waals surface area contributed by atoms with Crippen LogP contribution in [-0.4, -0.2) is 28.5 Å². The predicted molar refractivity (Wildman–Crippen MR) is 94.5 cm³/mol. The molecule has 7 heteroatoms. The molecule has 0 saturated carbocycles. The number of aromatic nitrogens is 1. The predicted octanol–water partition coefficient (Wildman–Crippen LogP) is 3.92. The van der Waals surface area contributed by atoms with E-state index in [1.807, 2.05) is 30.5 Å². The number of halogens is 2. The summed E-state index contributed by atoms with van der Waals surface area (Å²) in [7, 11) is 1.44. The molecule has 1 aliphatic heterocycles. The molecule has 1 saturated heterocycles. The summed E-state index contributed by atoms with van der Waals surface area (Å²) in [6, 6.07) is 6.93. The van der Waals surface area contributed by atoms with Crippen molar-refractivity contribution in [1.29, 1.82) is 0 Å². The van der Waals surface area contributed by atoms with Gasteiger partial charge in [0.25, 0.3) is 5.91 Å². The van der Waals surface area contributed by atoms with Crippen LogP contribution in [0.4, 0.5) is 4.79 Å². The van der Waals surface area contributed by atoms with Crippen molar-refractivity contribution in [3.05, 3.63) is 57.0 Å². The van der Waals surface area contributed by atoms with E-state index in [4.69, 9.17) is 23.2 Å². The molecule has 1 aromatic carbocycles. The minimum Gasteiger partial charge on any atom is -0.318 e.